The average molecular weight is 217 g/mol. The van der Waals surface area contributed by atoms with E-state index < -0.39 is 0 Å². The van der Waals surface area contributed by atoms with Crippen LogP contribution < -0.4 is 0 Å². The molecule has 0 saturated heterocycles. The molecule has 0 radical (unpaired) electrons. The maximum atomic E-state index is 5.67. The molecule has 0 aliphatic carbocycles. The Hall–Kier alpha value is -0.450. The monoisotopic (exact) mass is 216 g/mol. The van der Waals surface area contributed by atoms with E-state index in [1.807, 2.05) is 0 Å². The van der Waals surface area contributed by atoms with Crippen molar-refractivity contribution in [2.45, 2.75) is 6.92 Å². The Morgan fingerprint density at radius 2 is 2.25 bits per heavy atom. The maximum Gasteiger partial charge on any atom is 0.207 e. The summed E-state index contributed by atoms with van der Waals surface area (Å²) >= 11 is 8.77. The smallest absolute Gasteiger partial charge is 0.148 e. The van der Waals surface area contributed by atoms with Crippen LogP contribution in [0.15, 0.2) is 11.4 Å². The molecule has 0 atom stereocenters. The Morgan fingerprint density at radius 3 is 2.75 bits per heavy atom. The van der Waals surface area contributed by atoms with Crippen LogP contribution in [-0.4, -0.2) is 10.2 Å². The van der Waals surface area contributed by atoms with Crippen LogP contribution in [0.4, 0.5) is 0 Å². The summed E-state index contributed by atoms with van der Waals surface area (Å²) in [4.78, 5) is 1.27. The van der Waals surface area contributed by atoms with Gasteiger partial charge in [0.1, 0.15) is 5.01 Å². The molecule has 5 heteroatoms. The number of hydrogen-bond donors (Lipinski definition) is 0. The van der Waals surface area contributed by atoms with E-state index in [0.717, 1.165) is 10.6 Å². The maximum absolute atomic E-state index is 5.67. The Balaban J connectivity index is 2.43. The summed E-state index contributed by atoms with van der Waals surface area (Å²) in [6.45, 7) is 2.07. The normalized spacial score (nSPS) is 10.5. The molecule has 0 aromatic carbocycles. The fourth-order valence-corrected chi connectivity index (χ4v) is 2.46. The van der Waals surface area contributed by atoms with Crippen molar-refractivity contribution in [2.24, 2.45) is 0 Å². The number of halogens is 1. The molecule has 62 valence electrons. The molecule has 0 aliphatic heterocycles. The van der Waals surface area contributed by atoms with Crippen LogP contribution in [0.5, 0.6) is 0 Å². The van der Waals surface area contributed by atoms with Gasteiger partial charge >= 0.3 is 0 Å². The molecule has 12 heavy (non-hydrogen) atoms. The van der Waals surface area contributed by atoms with Gasteiger partial charge in [-0.1, -0.05) is 11.3 Å². The van der Waals surface area contributed by atoms with E-state index in [-0.39, 0.29) is 0 Å². The van der Waals surface area contributed by atoms with Crippen LogP contribution in [0, 0.1) is 6.92 Å². The molecule has 2 rings (SSSR count). The zero-order valence-corrected chi connectivity index (χ0v) is 8.63. The lowest BCUT2D eigenvalue weighted by Gasteiger charge is -1.82. The third-order valence-corrected chi connectivity index (χ3v) is 3.31. The number of aryl methyl sites for hydroxylation is 1. The van der Waals surface area contributed by atoms with Gasteiger partial charge in [-0.3, -0.25) is 0 Å². The molecule has 0 unspecified atom stereocenters. The second kappa shape index (κ2) is 3.12. The minimum absolute atomic E-state index is 0.494. The molecule has 0 N–H and O–H groups in total. The molecule has 0 spiro atoms. The second-order valence-corrected chi connectivity index (χ2v) is 4.98. The van der Waals surface area contributed by atoms with Crippen molar-refractivity contribution in [1.29, 1.82) is 0 Å². The van der Waals surface area contributed by atoms with Crippen LogP contribution in [-0.2, 0) is 0 Å². The van der Waals surface area contributed by atoms with Gasteiger partial charge in [0.05, 0.1) is 0 Å². The van der Waals surface area contributed by atoms with E-state index in [9.17, 15) is 0 Å². The molecular formula is C7H5ClN2S2. The molecule has 0 bridgehead atoms. The molecule has 0 amide bonds. The number of rotatable bonds is 1. The quantitative estimate of drug-likeness (QED) is 0.732. The molecule has 0 fully saturated rings. The topological polar surface area (TPSA) is 25.8 Å². The second-order valence-electron chi connectivity index (χ2n) is 2.31. The van der Waals surface area contributed by atoms with Gasteiger partial charge in [0.15, 0.2) is 0 Å². The van der Waals surface area contributed by atoms with Crippen LogP contribution in [0.3, 0.4) is 0 Å². The fraction of sp³-hybridized carbons (Fsp3) is 0.143. The van der Waals surface area contributed by atoms with Crippen molar-refractivity contribution in [3.05, 3.63) is 20.8 Å². The number of nitrogens with zero attached hydrogens (tertiary/aromatic N) is 2. The highest BCUT2D eigenvalue weighted by atomic mass is 35.5. The van der Waals surface area contributed by atoms with Crippen molar-refractivity contribution in [2.75, 3.05) is 0 Å². The summed E-state index contributed by atoms with van der Waals surface area (Å²) in [5.74, 6) is 0. The molecule has 0 saturated carbocycles. The summed E-state index contributed by atoms with van der Waals surface area (Å²) < 4.78 is 0.494. The van der Waals surface area contributed by atoms with Gasteiger partial charge in [-0.25, -0.2) is 0 Å². The minimum Gasteiger partial charge on any atom is -0.148 e. The Kier molecular flexibility index (Phi) is 2.12. The molecule has 2 nitrogen and oxygen atoms in total. The number of hydrogen-bond acceptors (Lipinski definition) is 4. The zero-order valence-electron chi connectivity index (χ0n) is 6.24. The van der Waals surface area contributed by atoms with Gasteiger partial charge in [-0.15, -0.1) is 21.5 Å². The highest BCUT2D eigenvalue weighted by molar-refractivity contribution is 7.18. The van der Waals surface area contributed by atoms with Crippen LogP contribution in [0.25, 0.3) is 10.6 Å². The van der Waals surface area contributed by atoms with E-state index >= 15 is 0 Å². The summed E-state index contributed by atoms with van der Waals surface area (Å²) in [6.07, 6.45) is 0. The zero-order chi connectivity index (χ0) is 8.55. The minimum atomic E-state index is 0.494. The Labute approximate surface area is 82.8 Å². The first-order valence-electron chi connectivity index (χ1n) is 3.30. The molecular weight excluding hydrogens is 212 g/mol. The van der Waals surface area contributed by atoms with E-state index in [1.54, 1.807) is 11.3 Å². The van der Waals surface area contributed by atoms with Gasteiger partial charge in [-0.2, -0.15) is 0 Å². The lowest BCUT2D eigenvalue weighted by Crippen LogP contribution is -1.70. The van der Waals surface area contributed by atoms with Crippen molar-refractivity contribution in [3.63, 3.8) is 0 Å². The van der Waals surface area contributed by atoms with Crippen LogP contribution in [0.1, 0.15) is 4.88 Å². The van der Waals surface area contributed by atoms with E-state index in [2.05, 4.69) is 28.6 Å². The summed E-state index contributed by atoms with van der Waals surface area (Å²) in [5.41, 5.74) is 1.11. The average Bonchev–Trinajstić information content (AvgIpc) is 2.58. The lowest BCUT2D eigenvalue weighted by atomic mass is 10.3. The van der Waals surface area contributed by atoms with Crippen molar-refractivity contribution >= 4 is 34.3 Å². The third kappa shape index (κ3) is 1.50. The first kappa shape index (κ1) is 8.16. The molecule has 2 aromatic rings. The molecule has 2 aromatic heterocycles. The van der Waals surface area contributed by atoms with Gasteiger partial charge in [0.2, 0.25) is 4.47 Å². The molecule has 2 heterocycles. The van der Waals surface area contributed by atoms with E-state index in [0.29, 0.717) is 4.47 Å². The van der Waals surface area contributed by atoms with Crippen molar-refractivity contribution in [1.82, 2.24) is 10.2 Å². The highest BCUT2D eigenvalue weighted by Crippen LogP contribution is 2.29. The van der Waals surface area contributed by atoms with Gasteiger partial charge in [0.25, 0.3) is 0 Å². The highest BCUT2D eigenvalue weighted by Gasteiger charge is 2.05. The predicted octanol–water partition coefficient (Wildman–Crippen LogP) is 3.23. The van der Waals surface area contributed by atoms with Crippen LogP contribution in [0.2, 0.25) is 4.47 Å². The third-order valence-electron chi connectivity index (χ3n) is 1.38. The van der Waals surface area contributed by atoms with Crippen molar-refractivity contribution in [3.8, 4) is 10.6 Å². The first-order valence-corrected chi connectivity index (χ1v) is 5.37. The summed E-state index contributed by atoms with van der Waals surface area (Å²) in [7, 11) is 0. The lowest BCUT2D eigenvalue weighted by molar-refractivity contribution is 1.10. The fourth-order valence-electron chi connectivity index (χ4n) is 0.878. The standard InChI is InChI=1S/C7H5ClN2S2/c1-4-2-5(3-11-4)6-9-10-7(8)12-6/h2-3H,1H3. The van der Waals surface area contributed by atoms with Crippen molar-refractivity contribution < 1.29 is 0 Å². The van der Waals surface area contributed by atoms with Gasteiger partial charge in [-0.05, 0) is 24.6 Å². The van der Waals surface area contributed by atoms with Crippen LogP contribution >= 0.6 is 34.3 Å². The molecule has 0 aliphatic rings. The Bertz CT molecular complexity index is 355. The number of thiophene rings is 1. The van der Waals surface area contributed by atoms with Gasteiger partial charge < -0.3 is 0 Å². The van der Waals surface area contributed by atoms with E-state index in [4.69, 9.17) is 11.6 Å². The summed E-state index contributed by atoms with van der Waals surface area (Å²) in [5, 5.41) is 10.6. The Morgan fingerprint density at radius 1 is 1.42 bits per heavy atom. The number of aromatic nitrogens is 2. The predicted molar refractivity (Wildman–Crippen MR) is 53.0 cm³/mol. The van der Waals surface area contributed by atoms with E-state index in [1.165, 1.54) is 16.2 Å². The largest absolute Gasteiger partial charge is 0.207 e. The summed E-state index contributed by atoms with van der Waals surface area (Å²) in [6, 6.07) is 2.08. The SMILES string of the molecule is Cc1cc(-c2nnc(Cl)s2)cs1. The first-order chi connectivity index (χ1) is 5.75. The van der Waals surface area contributed by atoms with Gasteiger partial charge in [0, 0.05) is 15.8 Å².